The third kappa shape index (κ3) is 2.65. The van der Waals surface area contributed by atoms with Crippen LogP contribution >= 0.6 is 0 Å². The lowest BCUT2D eigenvalue weighted by molar-refractivity contribution is -0.0911. The number of alkyl halides is 2. The van der Waals surface area contributed by atoms with Crippen molar-refractivity contribution in [1.29, 1.82) is 0 Å². The number of fused-ring (bicyclic) bond motifs is 2. The van der Waals surface area contributed by atoms with Gasteiger partial charge in [0.25, 0.3) is 11.5 Å². The average molecular weight is 432 g/mol. The van der Waals surface area contributed by atoms with E-state index in [4.69, 9.17) is 6.42 Å². The van der Waals surface area contributed by atoms with Crippen LogP contribution < -0.4 is 10.9 Å². The molecule has 0 saturated heterocycles. The van der Waals surface area contributed by atoms with Crippen LogP contribution in [-0.4, -0.2) is 14.5 Å². The van der Waals surface area contributed by atoms with Crippen LogP contribution in [0.5, 0.6) is 0 Å². The Morgan fingerprint density at radius 1 is 1.28 bits per heavy atom. The van der Waals surface area contributed by atoms with Gasteiger partial charge in [0, 0.05) is 29.8 Å². The Bertz CT molecular complexity index is 1370. The van der Waals surface area contributed by atoms with Crippen molar-refractivity contribution in [3.05, 3.63) is 63.3 Å². The van der Waals surface area contributed by atoms with Crippen LogP contribution in [0.2, 0.25) is 0 Å². The highest BCUT2D eigenvalue weighted by molar-refractivity contribution is 5.88. The van der Waals surface area contributed by atoms with Crippen molar-refractivity contribution >= 4 is 16.7 Å². The van der Waals surface area contributed by atoms with E-state index in [1.807, 2.05) is 10.8 Å². The zero-order chi connectivity index (χ0) is 22.3. The number of anilines is 1. The SMILES string of the molecule is C#C[C@H](Nc1nc(C)nc2cc(=O)n(C34CC(C3)C4)cc12)c1cccc2c1CCC2(F)F. The number of hydrogen-bond donors (Lipinski definition) is 1. The first kappa shape index (κ1) is 19.4. The number of nitrogens with zero attached hydrogens (tertiary/aromatic N) is 3. The second-order valence-electron chi connectivity index (χ2n) is 9.42. The molecular formula is C25H22F2N4O. The fourth-order valence-electron chi connectivity index (χ4n) is 5.69. The van der Waals surface area contributed by atoms with Crippen molar-refractivity contribution in [2.45, 2.75) is 56.5 Å². The van der Waals surface area contributed by atoms with E-state index in [2.05, 4.69) is 21.2 Å². The molecule has 32 heavy (non-hydrogen) atoms. The first-order chi connectivity index (χ1) is 15.3. The van der Waals surface area contributed by atoms with Crippen LogP contribution in [0.3, 0.4) is 0 Å². The Morgan fingerprint density at radius 3 is 2.75 bits per heavy atom. The van der Waals surface area contributed by atoms with Gasteiger partial charge in [-0.1, -0.05) is 24.1 Å². The topological polar surface area (TPSA) is 59.8 Å². The number of benzene rings is 1. The monoisotopic (exact) mass is 432 g/mol. The second-order valence-corrected chi connectivity index (χ2v) is 9.42. The van der Waals surface area contributed by atoms with Gasteiger partial charge in [-0.15, -0.1) is 6.42 Å². The third-order valence-corrected chi connectivity index (χ3v) is 7.41. The molecule has 2 bridgehead atoms. The minimum atomic E-state index is -2.83. The zero-order valence-electron chi connectivity index (χ0n) is 17.7. The number of rotatable bonds is 4. The van der Waals surface area contributed by atoms with Crippen LogP contribution in [0.25, 0.3) is 10.9 Å². The molecule has 5 nitrogen and oxygen atoms in total. The molecule has 0 amide bonds. The summed E-state index contributed by atoms with van der Waals surface area (Å²) in [7, 11) is 0. The summed E-state index contributed by atoms with van der Waals surface area (Å²) in [6.45, 7) is 1.75. The van der Waals surface area contributed by atoms with Gasteiger partial charge in [-0.05, 0) is 49.7 Å². The minimum Gasteiger partial charge on any atom is -0.352 e. The maximum atomic E-state index is 14.3. The van der Waals surface area contributed by atoms with E-state index in [1.54, 1.807) is 25.1 Å². The van der Waals surface area contributed by atoms with Gasteiger partial charge >= 0.3 is 0 Å². The smallest absolute Gasteiger partial charge is 0.273 e. The van der Waals surface area contributed by atoms with Gasteiger partial charge in [0.15, 0.2) is 0 Å². The van der Waals surface area contributed by atoms with E-state index in [-0.39, 0.29) is 29.5 Å². The number of nitrogens with one attached hydrogen (secondary N) is 1. The molecular weight excluding hydrogens is 410 g/mol. The molecule has 3 fully saturated rings. The van der Waals surface area contributed by atoms with Crippen LogP contribution in [0.15, 0.2) is 35.3 Å². The van der Waals surface area contributed by atoms with Crippen LogP contribution in [-0.2, 0) is 17.9 Å². The molecule has 3 aromatic rings. The fraction of sp³-hybridized carbons (Fsp3) is 0.400. The van der Waals surface area contributed by atoms with E-state index < -0.39 is 12.0 Å². The predicted octanol–water partition coefficient (Wildman–Crippen LogP) is 4.43. The Hall–Kier alpha value is -3.27. The van der Waals surface area contributed by atoms with E-state index in [9.17, 15) is 13.6 Å². The van der Waals surface area contributed by atoms with Crippen LogP contribution in [0.1, 0.15) is 54.2 Å². The molecule has 7 heteroatoms. The average Bonchev–Trinajstić information content (AvgIpc) is 2.99. The molecule has 3 saturated carbocycles. The van der Waals surface area contributed by atoms with Gasteiger partial charge in [0.05, 0.1) is 10.9 Å². The van der Waals surface area contributed by atoms with Gasteiger partial charge < -0.3 is 9.88 Å². The quantitative estimate of drug-likeness (QED) is 0.620. The van der Waals surface area contributed by atoms with Gasteiger partial charge in [0.2, 0.25) is 0 Å². The number of terminal acetylenes is 1. The highest BCUT2D eigenvalue weighted by Gasteiger charge is 2.58. The van der Waals surface area contributed by atoms with Crippen molar-refractivity contribution in [2.24, 2.45) is 5.92 Å². The zero-order valence-corrected chi connectivity index (χ0v) is 17.7. The summed E-state index contributed by atoms with van der Waals surface area (Å²) in [5.74, 6) is 1.62. The molecule has 2 heterocycles. The standard InChI is InChI=1S/C25H22F2N4O/c1-3-20(17-5-4-6-19-16(17)7-8-25(19,26)27)30-23-18-13-31(24-10-15(11-24)12-24)22(32)9-21(18)28-14(2)29-23/h1,4-6,9,13,15,20H,7-8,10-12H2,2H3,(H,28,29,30)/t15?,20-,24?/m0/s1. The Balaban J connectivity index is 1.45. The predicted molar refractivity (Wildman–Crippen MR) is 118 cm³/mol. The lowest BCUT2D eigenvalue weighted by atomic mass is 9.49. The number of pyridine rings is 1. The first-order valence-corrected chi connectivity index (χ1v) is 10.9. The van der Waals surface area contributed by atoms with Gasteiger partial charge in [-0.3, -0.25) is 4.79 Å². The summed E-state index contributed by atoms with van der Waals surface area (Å²) in [5, 5.41) is 3.99. The third-order valence-electron chi connectivity index (χ3n) is 7.41. The molecule has 1 N–H and O–H groups in total. The number of halogens is 2. The molecule has 7 rings (SSSR count). The number of aromatic nitrogens is 3. The van der Waals surface area contributed by atoms with Crippen molar-refractivity contribution < 1.29 is 8.78 Å². The number of aryl methyl sites for hydroxylation is 1. The molecule has 0 radical (unpaired) electrons. The Morgan fingerprint density at radius 2 is 2.06 bits per heavy atom. The second kappa shape index (κ2) is 6.38. The van der Waals surface area contributed by atoms with Gasteiger partial charge in [-0.25, -0.2) is 18.7 Å². The van der Waals surface area contributed by atoms with Crippen LogP contribution in [0, 0.1) is 25.2 Å². The summed E-state index contributed by atoms with van der Waals surface area (Å²) in [5.41, 5.74) is 1.74. The lowest BCUT2D eigenvalue weighted by Crippen LogP contribution is -2.61. The lowest BCUT2D eigenvalue weighted by Gasteiger charge is -2.62. The summed E-state index contributed by atoms with van der Waals surface area (Å²) < 4.78 is 30.4. The molecule has 4 aliphatic rings. The van der Waals surface area contributed by atoms with Crippen molar-refractivity contribution in [3.63, 3.8) is 0 Å². The molecule has 2 aromatic heterocycles. The summed E-state index contributed by atoms with van der Waals surface area (Å²) in [4.78, 5) is 21.8. The maximum absolute atomic E-state index is 14.3. The maximum Gasteiger partial charge on any atom is 0.273 e. The van der Waals surface area contributed by atoms with E-state index in [0.29, 0.717) is 33.7 Å². The van der Waals surface area contributed by atoms with Gasteiger partial charge in [0.1, 0.15) is 17.7 Å². The molecule has 0 aliphatic heterocycles. The highest BCUT2D eigenvalue weighted by atomic mass is 19.3. The summed E-state index contributed by atoms with van der Waals surface area (Å²) in [6, 6.07) is 5.83. The molecule has 4 aliphatic carbocycles. The minimum absolute atomic E-state index is 0.0539. The summed E-state index contributed by atoms with van der Waals surface area (Å²) >= 11 is 0. The molecule has 0 spiro atoms. The van der Waals surface area contributed by atoms with E-state index >= 15 is 0 Å². The summed E-state index contributed by atoms with van der Waals surface area (Å²) in [6.07, 6.45) is 10.9. The Labute approximate surface area is 183 Å². The van der Waals surface area contributed by atoms with E-state index in [1.165, 1.54) is 6.07 Å². The largest absolute Gasteiger partial charge is 0.352 e. The normalized spacial score (nSPS) is 25.4. The molecule has 0 unspecified atom stereocenters. The van der Waals surface area contributed by atoms with Crippen molar-refractivity contribution in [2.75, 3.05) is 5.32 Å². The molecule has 1 atom stereocenters. The van der Waals surface area contributed by atoms with Crippen LogP contribution in [0.4, 0.5) is 14.6 Å². The first-order valence-electron chi connectivity index (χ1n) is 10.9. The number of hydrogen-bond acceptors (Lipinski definition) is 4. The van der Waals surface area contributed by atoms with E-state index in [0.717, 1.165) is 25.2 Å². The van der Waals surface area contributed by atoms with Crippen molar-refractivity contribution in [3.8, 4) is 12.3 Å². The fourth-order valence-corrected chi connectivity index (χ4v) is 5.69. The van der Waals surface area contributed by atoms with Gasteiger partial charge in [-0.2, -0.15) is 0 Å². The van der Waals surface area contributed by atoms with Crippen molar-refractivity contribution in [1.82, 2.24) is 14.5 Å². The molecule has 162 valence electrons. The highest BCUT2D eigenvalue weighted by Crippen LogP contribution is 2.61. The molecule has 1 aromatic carbocycles. The Kier molecular flexibility index (Phi) is 3.87.